The van der Waals surface area contributed by atoms with E-state index in [2.05, 4.69) is 35.2 Å². The van der Waals surface area contributed by atoms with Crippen molar-refractivity contribution in [2.24, 2.45) is 5.92 Å². The summed E-state index contributed by atoms with van der Waals surface area (Å²) in [5, 5.41) is 0. The molecule has 1 aromatic carbocycles. The number of carbonyl (C=O) groups excluding carboxylic acids is 1. The third kappa shape index (κ3) is 3.68. The van der Waals surface area contributed by atoms with Crippen molar-refractivity contribution < 1.29 is 9.53 Å². The third-order valence-corrected chi connectivity index (χ3v) is 4.95. The van der Waals surface area contributed by atoms with Gasteiger partial charge in [-0.2, -0.15) is 0 Å². The SMILES string of the molecule is CC(=O)N1CCN(CC2CCOCC2)[C@H](c2ccccc2)C1. The van der Waals surface area contributed by atoms with Gasteiger partial charge in [-0.05, 0) is 24.3 Å². The molecule has 2 aliphatic heterocycles. The zero-order valence-electron chi connectivity index (χ0n) is 13.4. The van der Waals surface area contributed by atoms with E-state index >= 15 is 0 Å². The van der Waals surface area contributed by atoms with Crippen molar-refractivity contribution in [3.8, 4) is 0 Å². The first-order valence-electron chi connectivity index (χ1n) is 8.36. The molecule has 0 aliphatic carbocycles. The van der Waals surface area contributed by atoms with Gasteiger partial charge in [-0.3, -0.25) is 9.69 Å². The molecule has 2 heterocycles. The smallest absolute Gasteiger partial charge is 0.219 e. The number of benzene rings is 1. The van der Waals surface area contributed by atoms with Crippen LogP contribution in [0.25, 0.3) is 0 Å². The molecule has 4 nitrogen and oxygen atoms in total. The molecule has 4 heteroatoms. The second kappa shape index (κ2) is 7.25. The molecule has 1 aromatic rings. The first kappa shape index (κ1) is 15.5. The molecule has 120 valence electrons. The van der Waals surface area contributed by atoms with Gasteiger partial charge in [0, 0.05) is 46.3 Å². The Morgan fingerprint density at radius 3 is 2.59 bits per heavy atom. The number of hydrogen-bond acceptors (Lipinski definition) is 3. The Morgan fingerprint density at radius 1 is 1.18 bits per heavy atom. The summed E-state index contributed by atoms with van der Waals surface area (Å²) in [5.41, 5.74) is 1.32. The van der Waals surface area contributed by atoms with E-state index in [0.29, 0.717) is 6.04 Å². The molecule has 2 fully saturated rings. The minimum Gasteiger partial charge on any atom is -0.381 e. The van der Waals surface area contributed by atoms with Gasteiger partial charge < -0.3 is 9.64 Å². The Balaban J connectivity index is 1.73. The van der Waals surface area contributed by atoms with Gasteiger partial charge in [0.05, 0.1) is 6.04 Å². The Morgan fingerprint density at radius 2 is 1.91 bits per heavy atom. The lowest BCUT2D eigenvalue weighted by Crippen LogP contribution is -2.51. The normalized spacial score (nSPS) is 24.4. The highest BCUT2D eigenvalue weighted by molar-refractivity contribution is 5.73. The van der Waals surface area contributed by atoms with Crippen LogP contribution in [0.15, 0.2) is 30.3 Å². The maximum atomic E-state index is 11.8. The van der Waals surface area contributed by atoms with Crippen molar-refractivity contribution in [2.75, 3.05) is 39.4 Å². The Labute approximate surface area is 133 Å². The van der Waals surface area contributed by atoms with Gasteiger partial charge in [0.25, 0.3) is 0 Å². The summed E-state index contributed by atoms with van der Waals surface area (Å²) < 4.78 is 5.48. The Kier molecular flexibility index (Phi) is 5.11. The van der Waals surface area contributed by atoms with Gasteiger partial charge in [-0.15, -0.1) is 0 Å². The Bertz CT molecular complexity index is 485. The second-order valence-corrected chi connectivity index (χ2v) is 6.44. The van der Waals surface area contributed by atoms with Crippen LogP contribution in [0.4, 0.5) is 0 Å². The van der Waals surface area contributed by atoms with Crippen LogP contribution in [0.5, 0.6) is 0 Å². The number of piperazine rings is 1. The number of ether oxygens (including phenoxy) is 1. The van der Waals surface area contributed by atoms with Gasteiger partial charge >= 0.3 is 0 Å². The summed E-state index contributed by atoms with van der Waals surface area (Å²) in [6.07, 6.45) is 2.32. The van der Waals surface area contributed by atoms with Crippen molar-refractivity contribution in [1.82, 2.24) is 9.80 Å². The zero-order valence-corrected chi connectivity index (χ0v) is 13.4. The summed E-state index contributed by atoms with van der Waals surface area (Å²) in [6.45, 7) is 7.22. The van der Waals surface area contributed by atoms with Crippen LogP contribution in [0, 0.1) is 5.92 Å². The van der Waals surface area contributed by atoms with Crippen LogP contribution < -0.4 is 0 Å². The largest absolute Gasteiger partial charge is 0.381 e. The average molecular weight is 302 g/mol. The lowest BCUT2D eigenvalue weighted by atomic mass is 9.96. The molecular formula is C18H26N2O2. The first-order valence-corrected chi connectivity index (χ1v) is 8.36. The van der Waals surface area contributed by atoms with Crippen molar-refractivity contribution in [3.05, 3.63) is 35.9 Å². The highest BCUT2D eigenvalue weighted by Gasteiger charge is 2.31. The van der Waals surface area contributed by atoms with Gasteiger partial charge in [-0.25, -0.2) is 0 Å². The molecule has 0 unspecified atom stereocenters. The van der Waals surface area contributed by atoms with E-state index in [1.54, 1.807) is 6.92 Å². The van der Waals surface area contributed by atoms with Gasteiger partial charge in [0.1, 0.15) is 0 Å². The number of nitrogens with zero attached hydrogens (tertiary/aromatic N) is 2. The molecular weight excluding hydrogens is 276 g/mol. The molecule has 0 aromatic heterocycles. The topological polar surface area (TPSA) is 32.8 Å². The van der Waals surface area contributed by atoms with Crippen LogP contribution in [-0.2, 0) is 9.53 Å². The van der Waals surface area contributed by atoms with Crippen LogP contribution >= 0.6 is 0 Å². The highest BCUT2D eigenvalue weighted by atomic mass is 16.5. The summed E-state index contributed by atoms with van der Waals surface area (Å²) in [4.78, 5) is 16.3. The molecule has 2 aliphatic rings. The van der Waals surface area contributed by atoms with E-state index in [0.717, 1.165) is 58.2 Å². The van der Waals surface area contributed by atoms with Crippen molar-refractivity contribution >= 4 is 5.91 Å². The second-order valence-electron chi connectivity index (χ2n) is 6.44. The number of rotatable bonds is 3. The minimum absolute atomic E-state index is 0.187. The fourth-order valence-corrected chi connectivity index (χ4v) is 3.58. The van der Waals surface area contributed by atoms with Crippen molar-refractivity contribution in [1.29, 1.82) is 0 Å². The number of amides is 1. The van der Waals surface area contributed by atoms with E-state index in [1.165, 1.54) is 5.56 Å². The number of carbonyl (C=O) groups is 1. The van der Waals surface area contributed by atoms with Crippen LogP contribution in [0.2, 0.25) is 0 Å². The highest BCUT2D eigenvalue weighted by Crippen LogP contribution is 2.28. The first-order chi connectivity index (χ1) is 10.7. The summed E-state index contributed by atoms with van der Waals surface area (Å²) in [5.74, 6) is 0.912. The summed E-state index contributed by atoms with van der Waals surface area (Å²) >= 11 is 0. The average Bonchev–Trinajstić information content (AvgIpc) is 2.57. The maximum Gasteiger partial charge on any atom is 0.219 e. The van der Waals surface area contributed by atoms with E-state index in [1.807, 2.05) is 4.90 Å². The van der Waals surface area contributed by atoms with E-state index in [-0.39, 0.29) is 5.91 Å². The third-order valence-electron chi connectivity index (χ3n) is 4.95. The molecule has 1 atom stereocenters. The van der Waals surface area contributed by atoms with Gasteiger partial charge in [0.2, 0.25) is 5.91 Å². The monoisotopic (exact) mass is 302 g/mol. The fourth-order valence-electron chi connectivity index (χ4n) is 3.58. The standard InChI is InChI=1S/C18H26N2O2/c1-15(21)19-9-10-20(13-16-7-11-22-12-8-16)18(14-19)17-5-3-2-4-6-17/h2-6,16,18H,7-14H2,1H3/t18-/m0/s1. The molecule has 0 saturated carbocycles. The molecule has 0 bridgehead atoms. The van der Waals surface area contributed by atoms with E-state index < -0.39 is 0 Å². The lowest BCUT2D eigenvalue weighted by molar-refractivity contribution is -0.132. The lowest BCUT2D eigenvalue weighted by Gasteiger charge is -2.43. The van der Waals surface area contributed by atoms with Crippen LogP contribution in [0.1, 0.15) is 31.4 Å². The van der Waals surface area contributed by atoms with Crippen molar-refractivity contribution in [3.63, 3.8) is 0 Å². The quantitative estimate of drug-likeness (QED) is 0.859. The zero-order chi connectivity index (χ0) is 15.4. The van der Waals surface area contributed by atoms with Crippen LogP contribution in [0.3, 0.4) is 0 Å². The molecule has 2 saturated heterocycles. The van der Waals surface area contributed by atoms with Crippen LogP contribution in [-0.4, -0.2) is 55.1 Å². The summed E-state index contributed by atoms with van der Waals surface area (Å²) in [7, 11) is 0. The van der Waals surface area contributed by atoms with E-state index in [4.69, 9.17) is 4.74 Å². The Hall–Kier alpha value is -1.39. The molecule has 0 spiro atoms. The van der Waals surface area contributed by atoms with Gasteiger partial charge in [-0.1, -0.05) is 30.3 Å². The van der Waals surface area contributed by atoms with E-state index in [9.17, 15) is 4.79 Å². The molecule has 3 rings (SSSR count). The minimum atomic E-state index is 0.187. The predicted molar refractivity (Wildman–Crippen MR) is 86.6 cm³/mol. The number of hydrogen-bond donors (Lipinski definition) is 0. The summed E-state index contributed by atoms with van der Waals surface area (Å²) in [6, 6.07) is 10.9. The predicted octanol–water partition coefficient (Wildman–Crippen LogP) is 2.32. The molecule has 22 heavy (non-hydrogen) atoms. The molecule has 0 radical (unpaired) electrons. The van der Waals surface area contributed by atoms with Crippen molar-refractivity contribution in [2.45, 2.75) is 25.8 Å². The fraction of sp³-hybridized carbons (Fsp3) is 0.611. The maximum absolute atomic E-state index is 11.8. The molecule has 0 N–H and O–H groups in total. The van der Waals surface area contributed by atoms with Gasteiger partial charge in [0.15, 0.2) is 0 Å². The molecule has 1 amide bonds.